The number of ether oxygens (including phenoxy) is 2. The predicted molar refractivity (Wildman–Crippen MR) is 149 cm³/mol. The van der Waals surface area contributed by atoms with Gasteiger partial charge in [0, 0.05) is 30.4 Å². The zero-order valence-corrected chi connectivity index (χ0v) is 23.4. The number of hydrogen-bond donors (Lipinski definition) is 1. The summed E-state index contributed by atoms with van der Waals surface area (Å²) >= 11 is 6.09. The van der Waals surface area contributed by atoms with Gasteiger partial charge in [0.2, 0.25) is 5.91 Å². The molecule has 1 N–H and O–H groups in total. The van der Waals surface area contributed by atoms with Crippen LogP contribution < -0.4 is 4.90 Å². The van der Waals surface area contributed by atoms with Gasteiger partial charge in [-0.2, -0.15) is 0 Å². The van der Waals surface area contributed by atoms with Gasteiger partial charge >= 0.3 is 5.97 Å². The molecule has 1 aromatic carbocycles. The Balaban J connectivity index is 1.68. The summed E-state index contributed by atoms with van der Waals surface area (Å²) in [5.41, 5.74) is -1.40. The lowest BCUT2D eigenvalue weighted by molar-refractivity contribution is -0.159. The summed E-state index contributed by atoms with van der Waals surface area (Å²) in [5.74, 6) is -2.60. The number of benzene rings is 1. The third-order valence-corrected chi connectivity index (χ3v) is 8.59. The number of carbonyl (C=O) groups excluding carboxylic acids is 3. The van der Waals surface area contributed by atoms with Gasteiger partial charge in [0.15, 0.2) is 0 Å². The van der Waals surface area contributed by atoms with Gasteiger partial charge in [0.25, 0.3) is 5.91 Å². The van der Waals surface area contributed by atoms with Crippen molar-refractivity contribution in [1.29, 1.82) is 0 Å². The normalized spacial score (nSPS) is 28.8. The number of hydrogen-bond acceptors (Lipinski definition) is 6. The quantitative estimate of drug-likeness (QED) is 0.208. The Morgan fingerprint density at radius 2 is 1.92 bits per heavy atom. The molecule has 8 nitrogen and oxygen atoms in total. The average Bonchev–Trinajstić information content (AvgIpc) is 3.48. The Morgan fingerprint density at radius 3 is 2.59 bits per heavy atom. The Labute approximate surface area is 235 Å². The molecule has 3 aliphatic heterocycles. The number of amides is 2. The summed E-state index contributed by atoms with van der Waals surface area (Å²) in [4.78, 5) is 45.1. The van der Waals surface area contributed by atoms with Crippen LogP contribution in [0.4, 0.5) is 5.69 Å². The lowest BCUT2D eigenvalue weighted by Gasteiger charge is -2.36. The number of allylic oxidation sites excluding steroid dienone is 1. The van der Waals surface area contributed by atoms with E-state index in [4.69, 9.17) is 21.1 Å². The molecule has 2 unspecified atom stereocenters. The van der Waals surface area contributed by atoms with Crippen molar-refractivity contribution in [2.24, 2.45) is 11.8 Å². The Hall–Kier alpha value is -2.68. The van der Waals surface area contributed by atoms with Gasteiger partial charge < -0.3 is 24.4 Å². The van der Waals surface area contributed by atoms with Crippen LogP contribution in [0.1, 0.15) is 51.9 Å². The third kappa shape index (κ3) is 5.39. The van der Waals surface area contributed by atoms with Crippen molar-refractivity contribution in [3.8, 4) is 0 Å². The van der Waals surface area contributed by atoms with Crippen LogP contribution in [-0.2, 0) is 23.9 Å². The minimum absolute atomic E-state index is 0.0159. The Morgan fingerprint density at radius 1 is 1.18 bits per heavy atom. The third-order valence-electron chi connectivity index (χ3n) is 8.33. The molecule has 2 bridgehead atoms. The second-order valence-electron chi connectivity index (χ2n) is 10.9. The molecule has 3 saturated heterocycles. The van der Waals surface area contributed by atoms with E-state index in [0.29, 0.717) is 42.8 Å². The fraction of sp³-hybridized carbons (Fsp3) is 0.567. The summed E-state index contributed by atoms with van der Waals surface area (Å²) < 4.78 is 12.3. The van der Waals surface area contributed by atoms with E-state index in [2.05, 4.69) is 13.2 Å². The Bertz CT molecular complexity index is 1090. The number of unbranched alkanes of at least 4 members (excludes halogenated alkanes) is 3. The number of halogens is 1. The largest absolute Gasteiger partial charge is 0.465 e. The van der Waals surface area contributed by atoms with E-state index in [9.17, 15) is 19.5 Å². The van der Waals surface area contributed by atoms with E-state index in [-0.39, 0.29) is 38.1 Å². The van der Waals surface area contributed by atoms with E-state index in [1.165, 1.54) is 0 Å². The summed E-state index contributed by atoms with van der Waals surface area (Å²) in [6.07, 6.45) is 7.91. The van der Waals surface area contributed by atoms with Gasteiger partial charge in [-0.1, -0.05) is 23.8 Å². The van der Waals surface area contributed by atoms with Crippen LogP contribution in [0, 0.1) is 11.8 Å². The minimum Gasteiger partial charge on any atom is -0.465 e. The van der Waals surface area contributed by atoms with Gasteiger partial charge in [-0.3, -0.25) is 14.4 Å². The lowest BCUT2D eigenvalue weighted by atomic mass is 9.66. The van der Waals surface area contributed by atoms with Crippen molar-refractivity contribution in [1.82, 2.24) is 4.90 Å². The maximum Gasteiger partial charge on any atom is 0.312 e. The van der Waals surface area contributed by atoms with Crippen molar-refractivity contribution < 1.29 is 29.0 Å². The summed E-state index contributed by atoms with van der Waals surface area (Å²) in [5, 5.41) is 9.91. The van der Waals surface area contributed by atoms with Gasteiger partial charge in [-0.25, -0.2) is 0 Å². The number of esters is 1. The molecule has 0 aromatic heterocycles. The van der Waals surface area contributed by atoms with Crippen LogP contribution in [0.2, 0.25) is 5.02 Å². The number of aliphatic hydroxyl groups excluding tert-OH is 1. The SMILES string of the molecule is C=CCCCCOC(=O)[C@@H]1[C@H]2C(=O)N(CCCCO)C(C(=O)N(CC=C)c3ccc(Cl)cc3)C23CC[C@@]1(C)O3. The number of likely N-dealkylation sites (tertiary alicyclic amines) is 1. The molecule has 3 aliphatic rings. The number of rotatable bonds is 14. The van der Waals surface area contributed by atoms with E-state index in [1.807, 2.05) is 13.0 Å². The highest BCUT2D eigenvalue weighted by atomic mass is 35.5. The molecule has 39 heavy (non-hydrogen) atoms. The van der Waals surface area contributed by atoms with Crippen LogP contribution in [0.5, 0.6) is 0 Å². The van der Waals surface area contributed by atoms with Crippen molar-refractivity contribution in [3.05, 3.63) is 54.6 Å². The average molecular weight is 559 g/mol. The van der Waals surface area contributed by atoms with Crippen LogP contribution >= 0.6 is 11.6 Å². The highest BCUT2D eigenvalue weighted by Crippen LogP contribution is 2.63. The Kier molecular flexibility index (Phi) is 9.19. The van der Waals surface area contributed by atoms with Gasteiger partial charge in [-0.05, 0) is 76.1 Å². The first-order valence-corrected chi connectivity index (χ1v) is 14.2. The van der Waals surface area contributed by atoms with Gasteiger partial charge in [0.05, 0.1) is 18.1 Å². The van der Waals surface area contributed by atoms with Crippen molar-refractivity contribution in [2.75, 3.05) is 31.2 Å². The first-order valence-electron chi connectivity index (χ1n) is 13.8. The summed E-state index contributed by atoms with van der Waals surface area (Å²) in [6.45, 7) is 10.1. The standard InChI is InChI=1S/C30H39ClN2O6/c1-4-6-7-10-20-38-28(37)24-23-26(35)33(18-8-9-19-34)25(30(23)16-15-29(24,3)39-30)27(36)32(17-5-2)22-13-11-21(31)12-14-22/h4-5,11-14,23-25,34H,1-2,6-10,15-20H2,3H3/t23-,24-,25?,29+,30?/m0/s1. The van der Waals surface area contributed by atoms with E-state index >= 15 is 0 Å². The molecule has 0 radical (unpaired) electrons. The van der Waals surface area contributed by atoms with Crippen LogP contribution in [0.15, 0.2) is 49.6 Å². The number of anilines is 1. The topological polar surface area (TPSA) is 96.4 Å². The van der Waals surface area contributed by atoms with Gasteiger partial charge in [-0.15, -0.1) is 13.2 Å². The fourth-order valence-electron chi connectivity index (χ4n) is 6.57. The number of carbonyl (C=O) groups is 3. The molecule has 2 amide bonds. The highest BCUT2D eigenvalue weighted by molar-refractivity contribution is 6.30. The predicted octanol–water partition coefficient (Wildman–Crippen LogP) is 4.30. The molecule has 0 aliphatic carbocycles. The maximum absolute atomic E-state index is 14.4. The smallest absolute Gasteiger partial charge is 0.312 e. The van der Waals surface area contributed by atoms with E-state index in [1.54, 1.807) is 40.1 Å². The van der Waals surface area contributed by atoms with Crippen molar-refractivity contribution in [3.63, 3.8) is 0 Å². The van der Waals surface area contributed by atoms with E-state index in [0.717, 1.165) is 12.8 Å². The first-order chi connectivity index (χ1) is 18.7. The number of fused-ring (bicyclic) bond motifs is 1. The molecule has 1 spiro atoms. The molecule has 212 valence electrons. The zero-order valence-electron chi connectivity index (χ0n) is 22.6. The monoisotopic (exact) mass is 558 g/mol. The summed E-state index contributed by atoms with van der Waals surface area (Å²) in [7, 11) is 0. The zero-order chi connectivity index (χ0) is 28.2. The number of nitrogens with zero attached hydrogens (tertiary/aromatic N) is 2. The molecule has 1 aromatic rings. The van der Waals surface area contributed by atoms with E-state index < -0.39 is 35.0 Å². The summed E-state index contributed by atoms with van der Waals surface area (Å²) in [6, 6.07) is 6.01. The molecule has 0 saturated carbocycles. The van der Waals surface area contributed by atoms with Gasteiger partial charge in [0.1, 0.15) is 17.6 Å². The first kappa shape index (κ1) is 29.3. The fourth-order valence-corrected chi connectivity index (χ4v) is 6.70. The molecule has 3 heterocycles. The molecular formula is C30H39ClN2O6. The number of aliphatic hydroxyl groups is 1. The second-order valence-corrected chi connectivity index (χ2v) is 11.3. The molecule has 3 fully saturated rings. The maximum atomic E-state index is 14.4. The second kappa shape index (κ2) is 12.2. The van der Waals surface area contributed by atoms with Crippen LogP contribution in [0.3, 0.4) is 0 Å². The van der Waals surface area contributed by atoms with Crippen LogP contribution in [-0.4, -0.2) is 71.3 Å². The minimum atomic E-state index is -1.14. The van der Waals surface area contributed by atoms with Crippen LogP contribution in [0.25, 0.3) is 0 Å². The molecule has 9 heteroatoms. The molecule has 4 rings (SSSR count). The van der Waals surface area contributed by atoms with Crippen molar-refractivity contribution in [2.45, 2.75) is 69.1 Å². The van der Waals surface area contributed by atoms with Crippen molar-refractivity contribution >= 4 is 35.1 Å². The highest BCUT2D eigenvalue weighted by Gasteiger charge is 2.78. The molecule has 5 atom stereocenters. The lowest BCUT2D eigenvalue weighted by Crippen LogP contribution is -2.56. The molecular weight excluding hydrogens is 520 g/mol.